The van der Waals surface area contributed by atoms with E-state index < -0.39 is 21.8 Å². The van der Waals surface area contributed by atoms with E-state index in [2.05, 4.69) is 15.8 Å². The highest BCUT2D eigenvalue weighted by atomic mass is 35.5. The number of carbonyl (C=O) groups excluding carboxylic acids is 2. The van der Waals surface area contributed by atoms with Crippen LogP contribution in [0.1, 0.15) is 22.6 Å². The SMILES string of the molecule is COc1ccc(OC)c(NC(=O)C(=O)N/N=C/c2ccc(CN(Cc3ccc(C)cc3)S(=O)(=O)c3ccc(Cl)cc3)o2)c1. The fraction of sp³-hybridized carbons (Fsp3) is 0.167. The average Bonchev–Trinajstić information content (AvgIpc) is 3.45. The van der Waals surface area contributed by atoms with Crippen molar-refractivity contribution >= 4 is 45.3 Å². The van der Waals surface area contributed by atoms with Crippen LogP contribution in [0.3, 0.4) is 0 Å². The van der Waals surface area contributed by atoms with Gasteiger partial charge in [-0.1, -0.05) is 41.4 Å². The zero-order chi connectivity index (χ0) is 31.0. The lowest BCUT2D eigenvalue weighted by molar-refractivity contribution is -0.136. The van der Waals surface area contributed by atoms with Gasteiger partial charge < -0.3 is 19.2 Å². The average molecular weight is 625 g/mol. The second kappa shape index (κ2) is 14.0. The number of methoxy groups -OCH3 is 2. The third-order valence-corrected chi connectivity index (χ3v) is 8.22. The van der Waals surface area contributed by atoms with Crippen molar-refractivity contribution in [2.45, 2.75) is 24.9 Å². The van der Waals surface area contributed by atoms with Crippen molar-refractivity contribution in [3.05, 3.63) is 107 Å². The maximum atomic E-state index is 13.6. The Labute approximate surface area is 254 Å². The number of hydrogen-bond donors (Lipinski definition) is 2. The van der Waals surface area contributed by atoms with Crippen LogP contribution in [0.15, 0.2) is 93.3 Å². The molecule has 0 unspecified atom stereocenters. The summed E-state index contributed by atoms with van der Waals surface area (Å²) in [5.74, 6) is -0.663. The van der Waals surface area contributed by atoms with Crippen LogP contribution in [-0.4, -0.2) is 45.0 Å². The summed E-state index contributed by atoms with van der Waals surface area (Å²) in [7, 11) is -1.03. The quantitative estimate of drug-likeness (QED) is 0.140. The number of sulfonamides is 1. The summed E-state index contributed by atoms with van der Waals surface area (Å²) in [6, 6.07) is 21.4. The van der Waals surface area contributed by atoms with E-state index in [1.165, 1.54) is 55.1 Å². The van der Waals surface area contributed by atoms with Crippen LogP contribution >= 0.6 is 11.6 Å². The summed E-state index contributed by atoms with van der Waals surface area (Å²) in [6.45, 7) is 1.97. The highest BCUT2D eigenvalue weighted by Crippen LogP contribution is 2.29. The Bertz CT molecular complexity index is 1720. The molecule has 0 atom stereocenters. The van der Waals surface area contributed by atoms with Crippen LogP contribution in [0.2, 0.25) is 5.02 Å². The molecular weight excluding hydrogens is 596 g/mol. The predicted molar refractivity (Wildman–Crippen MR) is 162 cm³/mol. The van der Waals surface area contributed by atoms with Crippen LogP contribution in [0, 0.1) is 6.92 Å². The fourth-order valence-electron chi connectivity index (χ4n) is 3.90. The zero-order valence-corrected chi connectivity index (χ0v) is 25.1. The minimum atomic E-state index is -3.93. The molecular formula is C30H29ClN4O7S. The third-order valence-electron chi connectivity index (χ3n) is 6.16. The fourth-order valence-corrected chi connectivity index (χ4v) is 5.42. The molecule has 0 saturated carbocycles. The van der Waals surface area contributed by atoms with Gasteiger partial charge >= 0.3 is 11.8 Å². The number of benzene rings is 3. The summed E-state index contributed by atoms with van der Waals surface area (Å²) < 4.78 is 44.5. The summed E-state index contributed by atoms with van der Waals surface area (Å²) in [6.07, 6.45) is 1.19. The molecule has 0 aliphatic rings. The molecule has 0 bridgehead atoms. The molecule has 224 valence electrons. The van der Waals surface area contributed by atoms with Crippen LogP contribution in [0.4, 0.5) is 5.69 Å². The number of nitrogens with one attached hydrogen (secondary N) is 2. The number of amides is 2. The smallest absolute Gasteiger partial charge is 0.329 e. The Kier molecular flexibility index (Phi) is 10.2. The van der Waals surface area contributed by atoms with Crippen molar-refractivity contribution in [3.8, 4) is 11.5 Å². The number of hydrogen-bond acceptors (Lipinski definition) is 8. The van der Waals surface area contributed by atoms with E-state index in [0.29, 0.717) is 22.3 Å². The van der Waals surface area contributed by atoms with E-state index in [-0.39, 0.29) is 29.4 Å². The van der Waals surface area contributed by atoms with E-state index in [0.717, 1.165) is 11.1 Å². The molecule has 2 N–H and O–H groups in total. The molecule has 11 nitrogen and oxygen atoms in total. The number of furan rings is 1. The molecule has 1 heterocycles. The van der Waals surface area contributed by atoms with Gasteiger partial charge in [0.05, 0.1) is 37.6 Å². The first kappa shape index (κ1) is 31.3. The monoisotopic (exact) mass is 624 g/mol. The molecule has 13 heteroatoms. The lowest BCUT2D eigenvalue weighted by Crippen LogP contribution is -2.32. The van der Waals surface area contributed by atoms with E-state index in [9.17, 15) is 18.0 Å². The minimum absolute atomic E-state index is 0.0796. The summed E-state index contributed by atoms with van der Waals surface area (Å²) in [5, 5.41) is 6.64. The summed E-state index contributed by atoms with van der Waals surface area (Å²) >= 11 is 5.96. The molecule has 0 fully saturated rings. The number of anilines is 1. The van der Waals surface area contributed by atoms with Gasteiger partial charge in [-0.15, -0.1) is 0 Å². The van der Waals surface area contributed by atoms with Gasteiger partial charge in [0.15, 0.2) is 0 Å². The number of hydrazone groups is 1. The van der Waals surface area contributed by atoms with Gasteiger partial charge in [0.25, 0.3) is 0 Å². The van der Waals surface area contributed by atoms with Crippen molar-refractivity contribution < 1.29 is 31.9 Å². The maximum absolute atomic E-state index is 13.6. The number of carbonyl (C=O) groups is 2. The summed E-state index contributed by atoms with van der Waals surface area (Å²) in [4.78, 5) is 24.7. The normalized spacial score (nSPS) is 11.5. The minimum Gasteiger partial charge on any atom is -0.497 e. The Hall–Kier alpha value is -4.65. The van der Waals surface area contributed by atoms with E-state index in [4.69, 9.17) is 25.5 Å². The van der Waals surface area contributed by atoms with Gasteiger partial charge in [0.2, 0.25) is 10.0 Å². The molecule has 43 heavy (non-hydrogen) atoms. The first-order valence-electron chi connectivity index (χ1n) is 12.9. The van der Waals surface area contributed by atoms with Crippen LogP contribution in [0.25, 0.3) is 0 Å². The van der Waals surface area contributed by atoms with Crippen molar-refractivity contribution in [1.82, 2.24) is 9.73 Å². The first-order chi connectivity index (χ1) is 20.6. The van der Waals surface area contributed by atoms with Crippen molar-refractivity contribution in [2.24, 2.45) is 5.10 Å². The van der Waals surface area contributed by atoms with Crippen molar-refractivity contribution in [3.63, 3.8) is 0 Å². The van der Waals surface area contributed by atoms with Gasteiger partial charge in [0, 0.05) is 17.6 Å². The molecule has 0 radical (unpaired) electrons. The topological polar surface area (TPSA) is 140 Å². The predicted octanol–water partition coefficient (Wildman–Crippen LogP) is 4.74. The molecule has 0 aliphatic carbocycles. The number of nitrogens with zero attached hydrogens (tertiary/aromatic N) is 2. The number of rotatable bonds is 11. The van der Waals surface area contributed by atoms with Gasteiger partial charge in [-0.25, -0.2) is 13.8 Å². The highest BCUT2D eigenvalue weighted by molar-refractivity contribution is 7.89. The zero-order valence-electron chi connectivity index (χ0n) is 23.5. The Morgan fingerprint density at radius 1 is 0.930 bits per heavy atom. The Morgan fingerprint density at radius 3 is 2.33 bits per heavy atom. The maximum Gasteiger partial charge on any atom is 0.329 e. The molecule has 1 aromatic heterocycles. The van der Waals surface area contributed by atoms with Crippen LogP contribution < -0.4 is 20.2 Å². The molecule has 0 spiro atoms. The largest absolute Gasteiger partial charge is 0.497 e. The van der Waals surface area contributed by atoms with Crippen LogP contribution in [0.5, 0.6) is 11.5 Å². The molecule has 0 aliphatic heterocycles. The second-order valence-electron chi connectivity index (χ2n) is 9.24. The van der Waals surface area contributed by atoms with E-state index in [1.807, 2.05) is 31.2 Å². The number of ether oxygens (including phenoxy) is 2. The standard InChI is InChI=1S/C30H29ClN4O7S/c1-20-4-6-21(7-5-20)18-35(43(38,39)26-13-8-22(31)9-14-26)19-25-11-10-24(42-25)17-32-34-30(37)29(36)33-27-16-23(40-2)12-15-28(27)41-3/h4-17H,18-19H2,1-3H3,(H,33,36)(H,34,37)/b32-17+. The van der Waals surface area contributed by atoms with E-state index in [1.54, 1.807) is 24.3 Å². The van der Waals surface area contributed by atoms with E-state index >= 15 is 0 Å². The van der Waals surface area contributed by atoms with Gasteiger partial charge in [-0.05, 0) is 61.0 Å². The molecule has 4 aromatic rings. The number of aryl methyl sites for hydroxylation is 1. The van der Waals surface area contributed by atoms with Gasteiger partial charge in [-0.2, -0.15) is 9.41 Å². The molecule has 4 rings (SSSR count). The van der Waals surface area contributed by atoms with Gasteiger partial charge in [-0.3, -0.25) is 9.59 Å². The molecule has 0 saturated heterocycles. The van der Waals surface area contributed by atoms with Gasteiger partial charge in [0.1, 0.15) is 23.0 Å². The number of halogens is 1. The third kappa shape index (κ3) is 8.22. The van der Waals surface area contributed by atoms with Crippen molar-refractivity contribution in [1.29, 1.82) is 0 Å². The van der Waals surface area contributed by atoms with Crippen molar-refractivity contribution in [2.75, 3.05) is 19.5 Å². The first-order valence-corrected chi connectivity index (χ1v) is 14.7. The molecule has 2 amide bonds. The van der Waals surface area contributed by atoms with Crippen LogP contribution in [-0.2, 0) is 32.7 Å². The Balaban J connectivity index is 1.44. The second-order valence-corrected chi connectivity index (χ2v) is 11.6. The molecule has 3 aromatic carbocycles. The summed E-state index contributed by atoms with van der Waals surface area (Å²) in [5.41, 5.74) is 4.21. The highest BCUT2D eigenvalue weighted by Gasteiger charge is 2.26. The Morgan fingerprint density at radius 2 is 1.65 bits per heavy atom. The lowest BCUT2D eigenvalue weighted by atomic mass is 10.1. The lowest BCUT2D eigenvalue weighted by Gasteiger charge is -2.21.